The molecule has 0 aromatic heterocycles. The van der Waals surface area contributed by atoms with Crippen molar-refractivity contribution < 1.29 is 9.13 Å². The predicted octanol–water partition coefficient (Wildman–Crippen LogP) is 3.51. The smallest absolute Gasteiger partial charge is 0.153 e. The number of rotatable bonds is 2. The van der Waals surface area contributed by atoms with E-state index in [-0.39, 0.29) is 5.82 Å². The maximum absolute atomic E-state index is 13.0. The van der Waals surface area contributed by atoms with Crippen LogP contribution in [0.3, 0.4) is 0 Å². The van der Waals surface area contributed by atoms with Gasteiger partial charge in [-0.1, -0.05) is 17.7 Å². The summed E-state index contributed by atoms with van der Waals surface area (Å²) in [5.74, 6) is 0.614. The van der Waals surface area contributed by atoms with Crippen LogP contribution < -0.4 is 10.5 Å². The number of benzene rings is 2. The van der Waals surface area contributed by atoms with Crippen molar-refractivity contribution in [1.29, 1.82) is 0 Å². The van der Waals surface area contributed by atoms with Gasteiger partial charge >= 0.3 is 0 Å². The zero-order valence-corrected chi connectivity index (χ0v) is 8.91. The van der Waals surface area contributed by atoms with Gasteiger partial charge in [-0.2, -0.15) is 0 Å². The van der Waals surface area contributed by atoms with Gasteiger partial charge in [0.1, 0.15) is 11.6 Å². The van der Waals surface area contributed by atoms with Crippen LogP contribution in [0.5, 0.6) is 11.5 Å². The number of aryl methyl sites for hydroxylation is 1. The molecule has 0 bridgehead atoms. The number of anilines is 1. The molecule has 2 nitrogen and oxygen atoms in total. The van der Waals surface area contributed by atoms with E-state index < -0.39 is 0 Å². The van der Waals surface area contributed by atoms with E-state index in [4.69, 9.17) is 10.5 Å². The summed E-state index contributed by atoms with van der Waals surface area (Å²) in [6.45, 7) is 1.99. The molecule has 2 aromatic carbocycles. The molecule has 0 aliphatic carbocycles. The SMILES string of the molecule is Cc1ccc(Oc2cc(F)ccc2N)cc1. The third-order valence-corrected chi connectivity index (χ3v) is 2.22. The van der Waals surface area contributed by atoms with Crippen molar-refractivity contribution in [2.45, 2.75) is 6.92 Å². The van der Waals surface area contributed by atoms with Crippen molar-refractivity contribution in [1.82, 2.24) is 0 Å². The first-order chi connectivity index (χ1) is 7.65. The van der Waals surface area contributed by atoms with E-state index in [0.29, 0.717) is 17.2 Å². The van der Waals surface area contributed by atoms with E-state index in [1.807, 2.05) is 31.2 Å². The molecule has 0 spiro atoms. The van der Waals surface area contributed by atoms with Crippen molar-refractivity contribution in [3.8, 4) is 11.5 Å². The molecule has 0 aliphatic heterocycles. The highest BCUT2D eigenvalue weighted by Crippen LogP contribution is 2.27. The maximum Gasteiger partial charge on any atom is 0.153 e. The van der Waals surface area contributed by atoms with Gasteiger partial charge < -0.3 is 10.5 Å². The highest BCUT2D eigenvalue weighted by Gasteiger charge is 2.03. The van der Waals surface area contributed by atoms with Gasteiger partial charge in [0.25, 0.3) is 0 Å². The lowest BCUT2D eigenvalue weighted by atomic mass is 10.2. The molecular formula is C13H12FNO. The number of hydrogen-bond acceptors (Lipinski definition) is 2. The quantitative estimate of drug-likeness (QED) is 0.781. The summed E-state index contributed by atoms with van der Waals surface area (Å²) in [6, 6.07) is 11.5. The van der Waals surface area contributed by atoms with E-state index in [9.17, 15) is 4.39 Å². The van der Waals surface area contributed by atoms with Crippen LogP contribution in [0.25, 0.3) is 0 Å². The summed E-state index contributed by atoms with van der Waals surface area (Å²) in [4.78, 5) is 0. The van der Waals surface area contributed by atoms with E-state index in [1.165, 1.54) is 18.2 Å². The number of halogens is 1. The van der Waals surface area contributed by atoms with Crippen molar-refractivity contribution in [3.05, 3.63) is 53.8 Å². The molecule has 0 heterocycles. The fourth-order valence-electron chi connectivity index (χ4n) is 1.33. The monoisotopic (exact) mass is 217 g/mol. The van der Waals surface area contributed by atoms with Crippen LogP contribution in [0.15, 0.2) is 42.5 Å². The standard InChI is InChI=1S/C13H12FNO/c1-9-2-5-11(6-3-9)16-13-8-10(14)4-7-12(13)15/h2-8H,15H2,1H3. The molecule has 0 unspecified atom stereocenters. The normalized spacial score (nSPS) is 10.1. The molecule has 3 heteroatoms. The Kier molecular flexibility index (Phi) is 2.77. The van der Waals surface area contributed by atoms with Gasteiger partial charge in [0.05, 0.1) is 5.69 Å². The van der Waals surface area contributed by atoms with Crippen molar-refractivity contribution in [3.63, 3.8) is 0 Å². The van der Waals surface area contributed by atoms with E-state index in [2.05, 4.69) is 0 Å². The van der Waals surface area contributed by atoms with Gasteiger partial charge in [0, 0.05) is 6.07 Å². The zero-order valence-electron chi connectivity index (χ0n) is 8.91. The molecule has 82 valence electrons. The second kappa shape index (κ2) is 4.23. The molecule has 0 saturated heterocycles. The van der Waals surface area contributed by atoms with Gasteiger partial charge in [-0.3, -0.25) is 0 Å². The first kappa shape index (κ1) is 10.5. The minimum absolute atomic E-state index is 0.337. The molecule has 0 atom stereocenters. The lowest BCUT2D eigenvalue weighted by Gasteiger charge is -2.08. The Balaban J connectivity index is 2.26. The molecule has 0 amide bonds. The fraction of sp³-hybridized carbons (Fsp3) is 0.0769. The maximum atomic E-state index is 13.0. The van der Waals surface area contributed by atoms with Crippen LogP contribution in [0.2, 0.25) is 0 Å². The first-order valence-electron chi connectivity index (χ1n) is 4.95. The Hall–Kier alpha value is -2.03. The Morgan fingerprint density at radius 1 is 1.06 bits per heavy atom. The summed E-state index contributed by atoms with van der Waals surface area (Å²) in [6.07, 6.45) is 0. The lowest BCUT2D eigenvalue weighted by molar-refractivity contribution is 0.479. The second-order valence-corrected chi connectivity index (χ2v) is 3.60. The Morgan fingerprint density at radius 2 is 1.75 bits per heavy atom. The van der Waals surface area contributed by atoms with E-state index in [1.54, 1.807) is 0 Å². The van der Waals surface area contributed by atoms with Gasteiger partial charge in [-0.05, 0) is 31.2 Å². The second-order valence-electron chi connectivity index (χ2n) is 3.60. The highest BCUT2D eigenvalue weighted by atomic mass is 19.1. The minimum Gasteiger partial charge on any atom is -0.455 e. The molecule has 2 N–H and O–H groups in total. The van der Waals surface area contributed by atoms with Gasteiger partial charge in [-0.25, -0.2) is 4.39 Å². The molecule has 16 heavy (non-hydrogen) atoms. The van der Waals surface area contributed by atoms with Gasteiger partial charge in [0.15, 0.2) is 5.75 Å². The Bertz CT molecular complexity index is 494. The van der Waals surface area contributed by atoms with Gasteiger partial charge in [0.2, 0.25) is 0 Å². The van der Waals surface area contributed by atoms with Crippen molar-refractivity contribution in [2.75, 3.05) is 5.73 Å². The third kappa shape index (κ3) is 2.31. The molecular weight excluding hydrogens is 205 g/mol. The zero-order chi connectivity index (χ0) is 11.5. The fourth-order valence-corrected chi connectivity index (χ4v) is 1.33. The number of nitrogens with two attached hydrogens (primary N) is 1. The molecule has 0 fully saturated rings. The first-order valence-corrected chi connectivity index (χ1v) is 4.95. The van der Waals surface area contributed by atoms with Crippen molar-refractivity contribution in [2.24, 2.45) is 0 Å². The van der Waals surface area contributed by atoms with Crippen LogP contribution in [0, 0.1) is 12.7 Å². The number of hydrogen-bond donors (Lipinski definition) is 1. The van der Waals surface area contributed by atoms with Crippen LogP contribution in [-0.2, 0) is 0 Å². The molecule has 0 aliphatic rings. The molecule has 0 saturated carbocycles. The molecule has 0 radical (unpaired) electrons. The highest BCUT2D eigenvalue weighted by molar-refractivity contribution is 5.53. The lowest BCUT2D eigenvalue weighted by Crippen LogP contribution is -1.92. The minimum atomic E-state index is -0.365. The van der Waals surface area contributed by atoms with Crippen molar-refractivity contribution >= 4 is 5.69 Å². The molecule has 2 aromatic rings. The predicted molar refractivity (Wildman–Crippen MR) is 62.1 cm³/mol. The molecule has 2 rings (SSSR count). The summed E-state index contributed by atoms with van der Waals surface area (Å²) in [5, 5.41) is 0. The Labute approximate surface area is 93.5 Å². The summed E-state index contributed by atoms with van der Waals surface area (Å²) in [5.41, 5.74) is 7.23. The topological polar surface area (TPSA) is 35.2 Å². The number of ether oxygens (including phenoxy) is 1. The van der Waals surface area contributed by atoms with E-state index >= 15 is 0 Å². The summed E-state index contributed by atoms with van der Waals surface area (Å²) < 4.78 is 18.5. The average molecular weight is 217 g/mol. The van der Waals surface area contributed by atoms with Crippen LogP contribution in [-0.4, -0.2) is 0 Å². The van der Waals surface area contributed by atoms with Crippen LogP contribution >= 0.6 is 0 Å². The summed E-state index contributed by atoms with van der Waals surface area (Å²) >= 11 is 0. The average Bonchev–Trinajstić information content (AvgIpc) is 2.27. The third-order valence-electron chi connectivity index (χ3n) is 2.22. The van der Waals surface area contributed by atoms with Gasteiger partial charge in [-0.15, -0.1) is 0 Å². The Morgan fingerprint density at radius 3 is 2.44 bits per heavy atom. The summed E-state index contributed by atoms with van der Waals surface area (Å²) in [7, 11) is 0. The van der Waals surface area contributed by atoms with E-state index in [0.717, 1.165) is 5.56 Å². The number of nitrogen functional groups attached to an aromatic ring is 1. The van der Waals surface area contributed by atoms with Crippen LogP contribution in [0.4, 0.5) is 10.1 Å². The van der Waals surface area contributed by atoms with Crippen LogP contribution in [0.1, 0.15) is 5.56 Å². The largest absolute Gasteiger partial charge is 0.455 e.